The molecule has 0 unspecified atom stereocenters. The minimum absolute atomic E-state index is 0. The van der Waals surface area contributed by atoms with Crippen LogP contribution in [0.1, 0.15) is 9.78 Å². The first-order valence-electron chi connectivity index (χ1n) is 3.33. The Morgan fingerprint density at radius 2 is 1.71 bits per heavy atom. The molecule has 0 bridgehead atoms. The SMILES string of the molecule is CC(=O)Oc1cc(Cl)c(Cl)cc1Cl.[Ca+2].[H-].[H-]. The molecule has 0 amide bonds. The van der Waals surface area contributed by atoms with Gasteiger partial charge in [0.05, 0.1) is 15.1 Å². The smallest absolute Gasteiger partial charge is 1.00 e. The van der Waals surface area contributed by atoms with Crippen LogP contribution < -0.4 is 4.74 Å². The number of carbonyl (C=O) groups excluding carboxylic acids is 1. The number of rotatable bonds is 1. The van der Waals surface area contributed by atoms with Crippen molar-refractivity contribution in [3.05, 3.63) is 27.2 Å². The second-order valence-corrected chi connectivity index (χ2v) is 3.51. The third-order valence-electron chi connectivity index (χ3n) is 1.23. The fourth-order valence-electron chi connectivity index (χ4n) is 0.737. The molecule has 0 spiro atoms. The average molecular weight is 282 g/mol. The van der Waals surface area contributed by atoms with Crippen molar-refractivity contribution in [3.63, 3.8) is 0 Å². The molecule has 6 heteroatoms. The van der Waals surface area contributed by atoms with Crippen LogP contribution in [0, 0.1) is 0 Å². The van der Waals surface area contributed by atoms with Gasteiger partial charge in [-0.2, -0.15) is 0 Å². The monoisotopic (exact) mass is 280 g/mol. The normalized spacial score (nSPS) is 9.14. The standard InChI is InChI=1S/C8H5Cl3O2.Ca.2H/c1-4(12)13-8-3-6(10)5(9)2-7(8)11;;;/h2-3H,1H3;;;/q;+2;2*-1. The molecule has 0 atom stereocenters. The summed E-state index contributed by atoms with van der Waals surface area (Å²) in [6.07, 6.45) is 0. The molecule has 1 rings (SSSR count). The molecule has 0 saturated heterocycles. The minimum atomic E-state index is -0.458. The Balaban J connectivity index is -0.000000563. The Hall–Kier alpha value is 0.820. The van der Waals surface area contributed by atoms with Gasteiger partial charge in [0.1, 0.15) is 0 Å². The van der Waals surface area contributed by atoms with Crippen LogP contribution in [0.5, 0.6) is 5.75 Å². The van der Waals surface area contributed by atoms with E-state index in [9.17, 15) is 4.79 Å². The summed E-state index contributed by atoms with van der Waals surface area (Å²) in [6, 6.07) is 2.82. The maximum absolute atomic E-state index is 10.6. The molecular weight excluding hydrogens is 275 g/mol. The number of hydrogen-bond acceptors (Lipinski definition) is 2. The summed E-state index contributed by atoms with van der Waals surface area (Å²) in [4.78, 5) is 10.6. The summed E-state index contributed by atoms with van der Waals surface area (Å²) in [7, 11) is 0. The molecule has 0 N–H and O–H groups in total. The summed E-state index contributed by atoms with van der Waals surface area (Å²) in [5.41, 5.74) is 0. The summed E-state index contributed by atoms with van der Waals surface area (Å²) < 4.78 is 4.77. The predicted molar refractivity (Wildman–Crippen MR) is 60.8 cm³/mol. The van der Waals surface area contributed by atoms with Crippen molar-refractivity contribution in [2.45, 2.75) is 6.92 Å². The predicted octanol–water partition coefficient (Wildman–Crippen LogP) is 3.42. The van der Waals surface area contributed by atoms with E-state index in [1.165, 1.54) is 19.1 Å². The fraction of sp³-hybridized carbons (Fsp3) is 0.125. The number of esters is 1. The zero-order valence-corrected chi connectivity index (χ0v) is 11.8. The second-order valence-electron chi connectivity index (χ2n) is 2.29. The van der Waals surface area contributed by atoms with Crippen molar-refractivity contribution in [1.29, 1.82) is 0 Å². The van der Waals surface area contributed by atoms with E-state index in [2.05, 4.69) is 0 Å². The van der Waals surface area contributed by atoms with Gasteiger partial charge in [0.25, 0.3) is 0 Å². The van der Waals surface area contributed by atoms with Crippen LogP contribution in [-0.4, -0.2) is 43.7 Å². The van der Waals surface area contributed by atoms with Crippen molar-refractivity contribution >= 4 is 78.5 Å². The van der Waals surface area contributed by atoms with Crippen molar-refractivity contribution in [1.82, 2.24) is 0 Å². The molecule has 0 fully saturated rings. The van der Waals surface area contributed by atoms with Crippen LogP contribution in [0.4, 0.5) is 0 Å². The third-order valence-corrected chi connectivity index (χ3v) is 2.25. The van der Waals surface area contributed by atoms with E-state index in [1.807, 2.05) is 0 Å². The van der Waals surface area contributed by atoms with Gasteiger partial charge in [0.2, 0.25) is 0 Å². The average Bonchev–Trinajstić information content (AvgIpc) is 1.99. The molecule has 1 aromatic rings. The van der Waals surface area contributed by atoms with Crippen molar-refractivity contribution < 1.29 is 12.4 Å². The van der Waals surface area contributed by atoms with Gasteiger partial charge in [-0.25, -0.2) is 0 Å². The van der Waals surface area contributed by atoms with E-state index in [4.69, 9.17) is 39.5 Å². The van der Waals surface area contributed by atoms with Gasteiger partial charge in [0.15, 0.2) is 5.75 Å². The molecule has 0 aliphatic rings. The molecule has 2 nitrogen and oxygen atoms in total. The Morgan fingerprint density at radius 1 is 1.21 bits per heavy atom. The van der Waals surface area contributed by atoms with Gasteiger partial charge in [-0.1, -0.05) is 34.8 Å². The Bertz CT molecular complexity index is 363. The van der Waals surface area contributed by atoms with Crippen LogP contribution in [-0.2, 0) is 4.79 Å². The number of carbonyl (C=O) groups is 1. The van der Waals surface area contributed by atoms with Crippen LogP contribution in [0.2, 0.25) is 15.1 Å². The zero-order chi connectivity index (χ0) is 10.0. The Labute approximate surface area is 129 Å². The van der Waals surface area contributed by atoms with Gasteiger partial charge in [-0.3, -0.25) is 4.79 Å². The Kier molecular flexibility index (Phi) is 6.79. The summed E-state index contributed by atoms with van der Waals surface area (Å²) in [6.45, 7) is 1.28. The number of halogens is 3. The minimum Gasteiger partial charge on any atom is -1.00 e. The molecule has 0 radical (unpaired) electrons. The van der Waals surface area contributed by atoms with Gasteiger partial charge < -0.3 is 7.59 Å². The first-order chi connectivity index (χ1) is 6.00. The third kappa shape index (κ3) is 4.13. The van der Waals surface area contributed by atoms with Crippen molar-refractivity contribution in [2.24, 2.45) is 0 Å². The van der Waals surface area contributed by atoms with Crippen LogP contribution in [0.3, 0.4) is 0 Å². The topological polar surface area (TPSA) is 26.3 Å². The van der Waals surface area contributed by atoms with E-state index < -0.39 is 5.97 Å². The molecule has 0 aromatic heterocycles. The first-order valence-corrected chi connectivity index (χ1v) is 4.47. The van der Waals surface area contributed by atoms with E-state index >= 15 is 0 Å². The molecule has 74 valence electrons. The molecular formula is C8H7CaCl3O2. The molecule has 0 aliphatic carbocycles. The van der Waals surface area contributed by atoms with Gasteiger partial charge in [0, 0.05) is 13.0 Å². The van der Waals surface area contributed by atoms with Gasteiger partial charge >= 0.3 is 43.7 Å². The Morgan fingerprint density at radius 3 is 2.21 bits per heavy atom. The zero-order valence-electron chi connectivity index (χ0n) is 9.31. The van der Waals surface area contributed by atoms with E-state index in [0.717, 1.165) is 0 Å². The van der Waals surface area contributed by atoms with E-state index in [1.54, 1.807) is 0 Å². The van der Waals surface area contributed by atoms with Crippen molar-refractivity contribution in [2.75, 3.05) is 0 Å². The maximum atomic E-state index is 10.6. The molecule has 14 heavy (non-hydrogen) atoms. The maximum Gasteiger partial charge on any atom is 2.00 e. The second kappa shape index (κ2) is 6.41. The summed E-state index contributed by atoms with van der Waals surface area (Å²) >= 11 is 17.1. The number of ether oxygens (including phenoxy) is 1. The molecule has 0 aliphatic heterocycles. The number of benzene rings is 1. The molecule has 1 aromatic carbocycles. The van der Waals surface area contributed by atoms with Gasteiger partial charge in [-0.05, 0) is 6.07 Å². The summed E-state index contributed by atoms with van der Waals surface area (Å²) in [5, 5.41) is 0.870. The van der Waals surface area contributed by atoms with Crippen molar-refractivity contribution in [3.8, 4) is 5.75 Å². The van der Waals surface area contributed by atoms with Gasteiger partial charge in [-0.15, -0.1) is 0 Å². The first kappa shape index (κ1) is 14.8. The molecule has 0 saturated carbocycles. The largest absolute Gasteiger partial charge is 2.00 e. The van der Waals surface area contributed by atoms with E-state index in [-0.39, 0.29) is 51.4 Å². The summed E-state index contributed by atoms with van der Waals surface area (Å²) in [5.74, 6) is -0.246. The molecule has 0 heterocycles. The number of hydrogen-bond donors (Lipinski definition) is 0. The van der Waals surface area contributed by atoms with E-state index in [0.29, 0.717) is 10.0 Å². The quantitative estimate of drug-likeness (QED) is 0.341. The fourth-order valence-corrected chi connectivity index (χ4v) is 1.31. The van der Waals surface area contributed by atoms with Crippen LogP contribution in [0.15, 0.2) is 12.1 Å². The van der Waals surface area contributed by atoms with Crippen LogP contribution >= 0.6 is 34.8 Å². The van der Waals surface area contributed by atoms with Crippen LogP contribution in [0.25, 0.3) is 0 Å².